The van der Waals surface area contributed by atoms with Gasteiger partial charge in [0.1, 0.15) is 0 Å². The second-order valence-corrected chi connectivity index (χ2v) is 6.09. The van der Waals surface area contributed by atoms with Crippen LogP contribution in [0.5, 0.6) is 0 Å². The fraction of sp³-hybridized carbons (Fsp3) is 0.333. The summed E-state index contributed by atoms with van der Waals surface area (Å²) >= 11 is 0. The van der Waals surface area contributed by atoms with Gasteiger partial charge in [-0.1, -0.05) is 36.4 Å². The zero-order chi connectivity index (χ0) is 17.3. The van der Waals surface area contributed by atoms with E-state index in [0.717, 1.165) is 39.1 Å². The van der Waals surface area contributed by atoms with Gasteiger partial charge in [-0.25, -0.2) is 0 Å². The summed E-state index contributed by atoms with van der Waals surface area (Å²) in [7, 11) is 0. The first-order valence-electron chi connectivity index (χ1n) is 8.88. The molecule has 0 saturated carbocycles. The zero-order valence-corrected chi connectivity index (χ0v) is 14.8. The number of nitrogens with zero attached hydrogens (tertiary/aromatic N) is 3. The summed E-state index contributed by atoms with van der Waals surface area (Å²) in [5.41, 5.74) is 5.21. The lowest BCUT2D eigenvalue weighted by Crippen LogP contribution is -2.36. The molecule has 3 rings (SSSR count). The molecule has 0 spiro atoms. The SMILES string of the molecule is CC=CC=NN=CC1=C(N2CCOCC2)C(=Cc2ccccc2)CC1. The summed E-state index contributed by atoms with van der Waals surface area (Å²) in [6, 6.07) is 10.5. The predicted octanol–water partition coefficient (Wildman–Crippen LogP) is 4.08. The third-order valence-electron chi connectivity index (χ3n) is 4.37. The molecule has 1 heterocycles. The number of hydrogen-bond acceptors (Lipinski definition) is 4. The minimum Gasteiger partial charge on any atom is -0.378 e. The minimum absolute atomic E-state index is 0.784. The first kappa shape index (κ1) is 17.4. The van der Waals surface area contributed by atoms with Gasteiger partial charge in [0.25, 0.3) is 0 Å². The maximum Gasteiger partial charge on any atom is 0.0642 e. The summed E-state index contributed by atoms with van der Waals surface area (Å²) < 4.78 is 5.52. The van der Waals surface area contributed by atoms with Crippen molar-refractivity contribution in [2.24, 2.45) is 10.2 Å². The number of rotatable bonds is 5. The highest BCUT2D eigenvalue weighted by Gasteiger charge is 2.25. The monoisotopic (exact) mass is 335 g/mol. The Morgan fingerprint density at radius 1 is 1.04 bits per heavy atom. The van der Waals surface area contributed by atoms with Gasteiger partial charge in [-0.2, -0.15) is 10.2 Å². The van der Waals surface area contributed by atoms with E-state index in [4.69, 9.17) is 4.74 Å². The lowest BCUT2D eigenvalue weighted by molar-refractivity contribution is 0.0548. The van der Waals surface area contributed by atoms with Crippen molar-refractivity contribution in [3.63, 3.8) is 0 Å². The molecule has 1 fully saturated rings. The molecular weight excluding hydrogens is 310 g/mol. The van der Waals surface area contributed by atoms with Gasteiger partial charge in [0.05, 0.1) is 19.4 Å². The maximum atomic E-state index is 5.52. The highest BCUT2D eigenvalue weighted by molar-refractivity contribution is 5.84. The van der Waals surface area contributed by atoms with Gasteiger partial charge in [0.2, 0.25) is 0 Å². The van der Waals surface area contributed by atoms with E-state index in [1.54, 1.807) is 6.21 Å². The van der Waals surface area contributed by atoms with E-state index in [9.17, 15) is 0 Å². The van der Waals surface area contributed by atoms with Crippen molar-refractivity contribution in [3.05, 3.63) is 64.9 Å². The Morgan fingerprint density at radius 2 is 1.84 bits per heavy atom. The Balaban J connectivity index is 1.89. The summed E-state index contributed by atoms with van der Waals surface area (Å²) in [6.45, 7) is 5.39. The molecule has 1 aromatic carbocycles. The summed E-state index contributed by atoms with van der Waals surface area (Å²) in [5.74, 6) is 0. The van der Waals surface area contributed by atoms with E-state index in [0.29, 0.717) is 0 Å². The Labute approximate surface area is 149 Å². The summed E-state index contributed by atoms with van der Waals surface area (Å²) in [5, 5.41) is 8.30. The van der Waals surface area contributed by atoms with Gasteiger partial charge in [-0.3, -0.25) is 0 Å². The van der Waals surface area contributed by atoms with Crippen molar-refractivity contribution >= 4 is 18.5 Å². The van der Waals surface area contributed by atoms with Gasteiger partial charge in [0, 0.05) is 25.0 Å². The van der Waals surface area contributed by atoms with Crippen LogP contribution in [0.1, 0.15) is 25.3 Å². The van der Waals surface area contributed by atoms with E-state index < -0.39 is 0 Å². The normalized spacial score (nSPS) is 20.8. The Morgan fingerprint density at radius 3 is 2.60 bits per heavy atom. The predicted molar refractivity (Wildman–Crippen MR) is 105 cm³/mol. The fourth-order valence-electron chi connectivity index (χ4n) is 3.19. The second-order valence-electron chi connectivity index (χ2n) is 6.09. The molecule has 25 heavy (non-hydrogen) atoms. The van der Waals surface area contributed by atoms with Crippen molar-refractivity contribution in [3.8, 4) is 0 Å². The molecule has 1 aliphatic carbocycles. The zero-order valence-electron chi connectivity index (χ0n) is 14.8. The molecule has 0 amide bonds. The Kier molecular flexibility index (Phi) is 6.35. The number of ether oxygens (including phenoxy) is 1. The average molecular weight is 335 g/mol. The number of morpholine rings is 1. The molecule has 0 atom stereocenters. The van der Waals surface area contributed by atoms with Crippen LogP contribution in [0.4, 0.5) is 0 Å². The standard InChI is InChI=1S/C21H25N3O/c1-2-3-11-22-23-17-20-10-9-19(16-18-7-5-4-6-8-18)21(20)24-12-14-25-15-13-24/h2-8,11,16-17H,9-10,12-15H2,1H3. The third-order valence-corrected chi connectivity index (χ3v) is 4.37. The minimum atomic E-state index is 0.784. The van der Waals surface area contributed by atoms with E-state index >= 15 is 0 Å². The van der Waals surface area contributed by atoms with Crippen LogP contribution in [0.25, 0.3) is 6.08 Å². The van der Waals surface area contributed by atoms with Crippen LogP contribution in [0.3, 0.4) is 0 Å². The van der Waals surface area contributed by atoms with E-state index in [1.807, 2.05) is 25.3 Å². The highest BCUT2D eigenvalue weighted by atomic mass is 16.5. The van der Waals surface area contributed by atoms with Crippen molar-refractivity contribution < 1.29 is 4.74 Å². The van der Waals surface area contributed by atoms with E-state index in [1.165, 1.54) is 22.4 Å². The number of hydrogen-bond donors (Lipinski definition) is 0. The Hall–Kier alpha value is -2.46. The summed E-state index contributed by atoms with van der Waals surface area (Å²) in [4.78, 5) is 2.43. The molecular formula is C21H25N3O. The number of allylic oxidation sites excluding steroid dienone is 4. The lowest BCUT2D eigenvalue weighted by Gasteiger charge is -2.31. The molecule has 0 radical (unpaired) electrons. The van der Waals surface area contributed by atoms with E-state index in [-0.39, 0.29) is 0 Å². The van der Waals surface area contributed by atoms with Gasteiger partial charge in [-0.05, 0) is 48.6 Å². The fourth-order valence-corrected chi connectivity index (χ4v) is 3.19. The molecule has 130 valence electrons. The van der Waals surface area contributed by atoms with Crippen LogP contribution in [-0.4, -0.2) is 43.6 Å². The first-order valence-corrected chi connectivity index (χ1v) is 8.88. The third kappa shape index (κ3) is 4.77. The average Bonchev–Trinajstić information content (AvgIpc) is 3.05. The molecule has 2 aliphatic rings. The molecule has 0 bridgehead atoms. The lowest BCUT2D eigenvalue weighted by atomic mass is 10.1. The van der Waals surface area contributed by atoms with Crippen LogP contribution >= 0.6 is 0 Å². The topological polar surface area (TPSA) is 37.2 Å². The number of benzene rings is 1. The van der Waals surface area contributed by atoms with Gasteiger partial charge in [-0.15, -0.1) is 0 Å². The molecule has 0 aromatic heterocycles. The molecule has 4 nitrogen and oxygen atoms in total. The Bertz CT molecular complexity index is 708. The van der Waals surface area contributed by atoms with Crippen LogP contribution in [0.15, 0.2) is 69.5 Å². The molecule has 1 aromatic rings. The second kappa shape index (κ2) is 9.14. The molecule has 4 heteroatoms. The molecule has 0 unspecified atom stereocenters. The van der Waals surface area contributed by atoms with Crippen molar-refractivity contribution in [2.45, 2.75) is 19.8 Å². The van der Waals surface area contributed by atoms with Gasteiger partial charge in [0.15, 0.2) is 0 Å². The van der Waals surface area contributed by atoms with Crippen LogP contribution in [0, 0.1) is 0 Å². The van der Waals surface area contributed by atoms with Crippen molar-refractivity contribution in [1.82, 2.24) is 4.90 Å². The van der Waals surface area contributed by atoms with E-state index in [2.05, 4.69) is 51.5 Å². The van der Waals surface area contributed by atoms with Crippen molar-refractivity contribution in [1.29, 1.82) is 0 Å². The summed E-state index contributed by atoms with van der Waals surface area (Å²) in [6.07, 6.45) is 11.8. The van der Waals surface area contributed by atoms with Crippen LogP contribution in [0.2, 0.25) is 0 Å². The quantitative estimate of drug-likeness (QED) is 0.600. The van der Waals surface area contributed by atoms with Gasteiger partial charge >= 0.3 is 0 Å². The van der Waals surface area contributed by atoms with Crippen LogP contribution in [-0.2, 0) is 4.74 Å². The molecule has 0 N–H and O–H groups in total. The molecule has 1 aliphatic heterocycles. The molecule has 1 saturated heterocycles. The smallest absolute Gasteiger partial charge is 0.0642 e. The first-order chi connectivity index (χ1) is 12.4. The largest absolute Gasteiger partial charge is 0.378 e. The van der Waals surface area contributed by atoms with Crippen LogP contribution < -0.4 is 0 Å². The van der Waals surface area contributed by atoms with Gasteiger partial charge < -0.3 is 9.64 Å². The van der Waals surface area contributed by atoms with Crippen molar-refractivity contribution in [2.75, 3.05) is 26.3 Å². The maximum absolute atomic E-state index is 5.52. The highest BCUT2D eigenvalue weighted by Crippen LogP contribution is 2.34.